The fourth-order valence-corrected chi connectivity index (χ4v) is 4.52. The van der Waals surface area contributed by atoms with Gasteiger partial charge in [0.05, 0.1) is 17.3 Å². The Morgan fingerprint density at radius 2 is 2.22 bits per heavy atom. The zero-order chi connectivity index (χ0) is 19.4. The molecule has 1 N–H and O–H groups in total. The summed E-state index contributed by atoms with van der Waals surface area (Å²) >= 11 is 6.22. The van der Waals surface area contributed by atoms with E-state index in [1.165, 1.54) is 23.5 Å². The lowest BCUT2D eigenvalue weighted by Gasteiger charge is -2.24. The summed E-state index contributed by atoms with van der Waals surface area (Å²) < 4.78 is 38.1. The number of carbonyl (C=O) groups excluding carboxylic acids is 1. The van der Waals surface area contributed by atoms with Crippen molar-refractivity contribution in [2.24, 2.45) is 0 Å². The second kappa shape index (κ2) is 8.22. The quantitative estimate of drug-likeness (QED) is 0.747. The maximum atomic E-state index is 13.2. The topological polar surface area (TPSA) is 97.8 Å². The first-order valence-electron chi connectivity index (χ1n) is 8.06. The zero-order valence-corrected chi connectivity index (χ0v) is 16.1. The summed E-state index contributed by atoms with van der Waals surface area (Å²) in [5.41, 5.74) is 1.07. The molecule has 1 aliphatic rings. The monoisotopic (exact) mass is 411 g/mol. The van der Waals surface area contributed by atoms with Crippen LogP contribution in [-0.4, -0.2) is 50.5 Å². The van der Waals surface area contributed by atoms with Gasteiger partial charge < -0.3 is 14.8 Å². The predicted molar refractivity (Wildman–Crippen MR) is 99.3 cm³/mol. The molecule has 3 rings (SSSR count). The standard InChI is InChI=1S/C17H18ClN3O5S/c1-25-6-5-21(10-12-3-2-4-19-9-12)27(23,24)16-8-15-14(7-13(16)18)20-17(22)11-26-15/h2-4,7-9H,5-6,10-11H2,1H3,(H,20,22). The minimum Gasteiger partial charge on any atom is -0.482 e. The molecule has 1 aliphatic heterocycles. The highest BCUT2D eigenvalue weighted by Gasteiger charge is 2.29. The van der Waals surface area contributed by atoms with Crippen LogP contribution in [0.15, 0.2) is 41.6 Å². The molecule has 2 aromatic rings. The number of anilines is 1. The van der Waals surface area contributed by atoms with Crippen LogP contribution >= 0.6 is 11.6 Å². The van der Waals surface area contributed by atoms with E-state index in [1.54, 1.807) is 24.5 Å². The molecular weight excluding hydrogens is 394 g/mol. The number of hydrogen-bond donors (Lipinski definition) is 1. The van der Waals surface area contributed by atoms with Gasteiger partial charge >= 0.3 is 0 Å². The van der Waals surface area contributed by atoms with E-state index in [1.807, 2.05) is 0 Å². The number of halogens is 1. The number of rotatable bonds is 7. The van der Waals surface area contributed by atoms with Crippen molar-refractivity contribution in [2.45, 2.75) is 11.4 Å². The summed E-state index contributed by atoms with van der Waals surface area (Å²) in [5.74, 6) is -0.0712. The molecule has 0 spiro atoms. The number of carbonyl (C=O) groups is 1. The van der Waals surface area contributed by atoms with Crippen LogP contribution in [0.4, 0.5) is 5.69 Å². The van der Waals surface area contributed by atoms with Crippen LogP contribution in [0.3, 0.4) is 0 Å². The molecule has 0 unspecified atom stereocenters. The SMILES string of the molecule is COCCN(Cc1cccnc1)S(=O)(=O)c1cc2c(cc1Cl)NC(=O)CO2. The average molecular weight is 412 g/mol. The maximum absolute atomic E-state index is 13.2. The van der Waals surface area contributed by atoms with Crippen molar-refractivity contribution in [1.82, 2.24) is 9.29 Å². The Labute approximate surface area is 162 Å². The summed E-state index contributed by atoms with van der Waals surface area (Å²) in [6.07, 6.45) is 3.21. The van der Waals surface area contributed by atoms with Gasteiger partial charge in [-0.25, -0.2) is 8.42 Å². The molecule has 0 aliphatic carbocycles. The molecule has 0 bridgehead atoms. The van der Waals surface area contributed by atoms with Gasteiger partial charge in [-0.1, -0.05) is 17.7 Å². The summed E-state index contributed by atoms with van der Waals surface area (Å²) in [6.45, 7) is 0.287. The summed E-state index contributed by atoms with van der Waals surface area (Å²) in [6, 6.07) is 6.23. The highest BCUT2D eigenvalue weighted by atomic mass is 35.5. The highest BCUT2D eigenvalue weighted by molar-refractivity contribution is 7.89. The van der Waals surface area contributed by atoms with Crippen molar-refractivity contribution >= 4 is 33.2 Å². The zero-order valence-electron chi connectivity index (χ0n) is 14.5. The summed E-state index contributed by atoms with van der Waals surface area (Å²) in [5, 5.41) is 2.59. The first kappa shape index (κ1) is 19.6. The number of sulfonamides is 1. The lowest BCUT2D eigenvalue weighted by molar-refractivity contribution is -0.118. The van der Waals surface area contributed by atoms with E-state index in [0.717, 1.165) is 5.56 Å². The Kier molecular flexibility index (Phi) is 5.95. The fourth-order valence-electron chi connectivity index (χ4n) is 2.59. The van der Waals surface area contributed by atoms with E-state index in [9.17, 15) is 13.2 Å². The van der Waals surface area contributed by atoms with Crippen LogP contribution in [-0.2, 0) is 26.1 Å². The van der Waals surface area contributed by atoms with Crippen molar-refractivity contribution in [3.05, 3.63) is 47.2 Å². The average Bonchev–Trinajstić information content (AvgIpc) is 2.65. The molecule has 0 atom stereocenters. The third kappa shape index (κ3) is 4.38. The van der Waals surface area contributed by atoms with E-state index in [4.69, 9.17) is 21.1 Å². The third-order valence-corrected chi connectivity index (χ3v) is 6.22. The van der Waals surface area contributed by atoms with Crippen LogP contribution < -0.4 is 10.1 Å². The van der Waals surface area contributed by atoms with E-state index in [-0.39, 0.29) is 47.9 Å². The van der Waals surface area contributed by atoms with E-state index < -0.39 is 10.0 Å². The van der Waals surface area contributed by atoms with Crippen LogP contribution in [0.5, 0.6) is 5.75 Å². The van der Waals surface area contributed by atoms with Gasteiger partial charge in [0.25, 0.3) is 5.91 Å². The van der Waals surface area contributed by atoms with Crippen LogP contribution in [0, 0.1) is 0 Å². The molecule has 8 nitrogen and oxygen atoms in total. The van der Waals surface area contributed by atoms with Crippen molar-refractivity contribution in [1.29, 1.82) is 0 Å². The molecule has 10 heteroatoms. The largest absolute Gasteiger partial charge is 0.482 e. The summed E-state index contributed by atoms with van der Waals surface area (Å²) in [4.78, 5) is 15.3. The van der Waals surface area contributed by atoms with E-state index in [2.05, 4.69) is 10.3 Å². The number of aromatic nitrogens is 1. The third-order valence-electron chi connectivity index (χ3n) is 3.91. The molecule has 0 saturated carbocycles. The van der Waals surface area contributed by atoms with Gasteiger partial charge in [0.15, 0.2) is 6.61 Å². The lowest BCUT2D eigenvalue weighted by atomic mass is 10.2. The van der Waals surface area contributed by atoms with Crippen LogP contribution in [0.1, 0.15) is 5.56 Å². The molecule has 2 heterocycles. The molecule has 1 aromatic heterocycles. The molecule has 0 fully saturated rings. The minimum absolute atomic E-state index is 0.00634. The molecule has 144 valence electrons. The van der Waals surface area contributed by atoms with Crippen molar-refractivity contribution in [3.8, 4) is 5.75 Å². The number of methoxy groups -OCH3 is 1. The fraction of sp³-hybridized carbons (Fsp3) is 0.294. The maximum Gasteiger partial charge on any atom is 0.262 e. The van der Waals surface area contributed by atoms with E-state index >= 15 is 0 Å². The van der Waals surface area contributed by atoms with Gasteiger partial charge in [-0.05, 0) is 17.7 Å². The first-order valence-corrected chi connectivity index (χ1v) is 9.88. The number of fused-ring (bicyclic) bond motifs is 1. The molecule has 0 radical (unpaired) electrons. The molecule has 0 saturated heterocycles. The molecule has 1 amide bonds. The number of amides is 1. The second-order valence-corrected chi connectivity index (χ2v) is 8.12. The number of ether oxygens (including phenoxy) is 2. The molecule has 27 heavy (non-hydrogen) atoms. The number of nitrogens with zero attached hydrogens (tertiary/aromatic N) is 2. The Morgan fingerprint density at radius 1 is 1.41 bits per heavy atom. The number of nitrogens with one attached hydrogen (secondary N) is 1. The Balaban J connectivity index is 1.97. The Hall–Kier alpha value is -2.20. The first-order chi connectivity index (χ1) is 12.9. The van der Waals surface area contributed by atoms with Crippen molar-refractivity contribution in [2.75, 3.05) is 32.2 Å². The molecule has 1 aromatic carbocycles. The number of hydrogen-bond acceptors (Lipinski definition) is 6. The second-order valence-electron chi connectivity index (χ2n) is 5.81. The van der Waals surface area contributed by atoms with Gasteiger partial charge in [-0.15, -0.1) is 0 Å². The number of pyridine rings is 1. The minimum atomic E-state index is -3.95. The van der Waals surface area contributed by atoms with Crippen LogP contribution in [0.2, 0.25) is 5.02 Å². The lowest BCUT2D eigenvalue weighted by Crippen LogP contribution is -2.34. The smallest absolute Gasteiger partial charge is 0.262 e. The van der Waals surface area contributed by atoms with Gasteiger partial charge in [-0.3, -0.25) is 9.78 Å². The summed E-state index contributed by atoms with van der Waals surface area (Å²) in [7, 11) is -2.45. The van der Waals surface area contributed by atoms with Gasteiger partial charge in [0, 0.05) is 38.7 Å². The van der Waals surface area contributed by atoms with Gasteiger partial charge in [0.2, 0.25) is 10.0 Å². The van der Waals surface area contributed by atoms with Crippen LogP contribution in [0.25, 0.3) is 0 Å². The van der Waals surface area contributed by atoms with E-state index in [0.29, 0.717) is 5.69 Å². The Morgan fingerprint density at radius 3 is 2.93 bits per heavy atom. The van der Waals surface area contributed by atoms with Gasteiger partial charge in [-0.2, -0.15) is 4.31 Å². The number of benzene rings is 1. The molecular formula is C17H18ClN3O5S. The van der Waals surface area contributed by atoms with Crippen molar-refractivity contribution < 1.29 is 22.7 Å². The van der Waals surface area contributed by atoms with Gasteiger partial charge in [0.1, 0.15) is 10.6 Å². The normalized spacial score (nSPS) is 13.8. The predicted octanol–water partition coefficient (Wildman–Crippen LogP) is 1.90. The Bertz CT molecular complexity index is 937. The highest BCUT2D eigenvalue weighted by Crippen LogP contribution is 2.37. The van der Waals surface area contributed by atoms with Crippen molar-refractivity contribution in [3.63, 3.8) is 0 Å².